The van der Waals surface area contributed by atoms with E-state index in [0.29, 0.717) is 10.0 Å². The number of amides is 1. The zero-order valence-electron chi connectivity index (χ0n) is 10.1. The summed E-state index contributed by atoms with van der Waals surface area (Å²) in [5, 5.41) is 4.33. The molecule has 0 saturated heterocycles. The molecule has 0 radical (unpaired) electrons. The number of carbonyl (C=O) groups is 1. The summed E-state index contributed by atoms with van der Waals surface area (Å²) in [6.45, 7) is 2.24. The molecule has 0 aromatic heterocycles. The number of nitrogens with zero attached hydrogens (tertiary/aromatic N) is 1. The molecule has 0 unspecified atom stereocenters. The Hall–Kier alpha value is -0.770. The molecule has 0 aliphatic rings. The van der Waals surface area contributed by atoms with Gasteiger partial charge in [-0.25, -0.2) is 0 Å². The van der Waals surface area contributed by atoms with Gasteiger partial charge in [0, 0.05) is 30.2 Å². The van der Waals surface area contributed by atoms with E-state index < -0.39 is 0 Å². The van der Waals surface area contributed by atoms with Crippen LogP contribution in [0.4, 0.5) is 0 Å². The van der Waals surface area contributed by atoms with Gasteiger partial charge in [0.05, 0.1) is 6.54 Å². The fraction of sp³-hybridized carbons (Fsp3) is 0.417. The van der Waals surface area contributed by atoms with E-state index >= 15 is 0 Å². The highest BCUT2D eigenvalue weighted by Gasteiger charge is 2.11. The standard InChI is InChI=1S/C12H16Cl2N2O/c1-8(15-7-12(17)16(2)3)10-5-4-9(13)6-11(10)14/h4-6,8,15H,7H2,1-3H3/t8-/m0/s1. The maximum atomic E-state index is 11.4. The second-order valence-corrected chi connectivity index (χ2v) is 4.90. The van der Waals surface area contributed by atoms with Crippen LogP contribution in [0.15, 0.2) is 18.2 Å². The molecule has 0 fully saturated rings. The second kappa shape index (κ2) is 6.24. The summed E-state index contributed by atoms with van der Waals surface area (Å²) < 4.78 is 0. The largest absolute Gasteiger partial charge is 0.348 e. The average Bonchev–Trinajstić information content (AvgIpc) is 2.25. The molecule has 1 rings (SSSR count). The molecule has 17 heavy (non-hydrogen) atoms. The Morgan fingerprint density at radius 2 is 2.06 bits per heavy atom. The van der Waals surface area contributed by atoms with Gasteiger partial charge in [0.15, 0.2) is 0 Å². The van der Waals surface area contributed by atoms with Crippen molar-refractivity contribution in [3.8, 4) is 0 Å². The summed E-state index contributed by atoms with van der Waals surface area (Å²) in [5.41, 5.74) is 0.933. The van der Waals surface area contributed by atoms with E-state index in [2.05, 4.69) is 5.32 Å². The number of nitrogens with one attached hydrogen (secondary N) is 1. The number of hydrogen-bond donors (Lipinski definition) is 1. The SMILES string of the molecule is C[C@H](NCC(=O)N(C)C)c1ccc(Cl)cc1Cl. The van der Waals surface area contributed by atoms with Crippen molar-refractivity contribution in [2.75, 3.05) is 20.6 Å². The molecule has 0 saturated carbocycles. The molecule has 0 aliphatic carbocycles. The fourth-order valence-corrected chi connectivity index (χ4v) is 1.93. The van der Waals surface area contributed by atoms with Crippen LogP contribution in [0.5, 0.6) is 0 Å². The van der Waals surface area contributed by atoms with Crippen LogP contribution in [0, 0.1) is 0 Å². The van der Waals surface area contributed by atoms with E-state index in [9.17, 15) is 4.79 Å². The van der Waals surface area contributed by atoms with Crippen molar-refractivity contribution < 1.29 is 4.79 Å². The molecular weight excluding hydrogens is 259 g/mol. The number of rotatable bonds is 4. The summed E-state index contributed by atoms with van der Waals surface area (Å²) >= 11 is 11.9. The van der Waals surface area contributed by atoms with E-state index in [0.717, 1.165) is 5.56 Å². The molecule has 1 N–H and O–H groups in total. The van der Waals surface area contributed by atoms with E-state index in [4.69, 9.17) is 23.2 Å². The van der Waals surface area contributed by atoms with Crippen LogP contribution in [0.25, 0.3) is 0 Å². The zero-order chi connectivity index (χ0) is 13.0. The first-order valence-corrected chi connectivity index (χ1v) is 6.06. The lowest BCUT2D eigenvalue weighted by atomic mass is 10.1. The molecular formula is C12H16Cl2N2O. The van der Waals surface area contributed by atoms with Crippen LogP contribution in [-0.2, 0) is 4.79 Å². The van der Waals surface area contributed by atoms with Gasteiger partial charge in [-0.2, -0.15) is 0 Å². The van der Waals surface area contributed by atoms with Crippen molar-refractivity contribution in [3.05, 3.63) is 33.8 Å². The quantitative estimate of drug-likeness (QED) is 0.916. The number of carbonyl (C=O) groups excluding carboxylic acids is 1. The summed E-state index contributed by atoms with van der Waals surface area (Å²) in [6.07, 6.45) is 0. The van der Waals surface area contributed by atoms with Crippen LogP contribution in [0.2, 0.25) is 10.0 Å². The third kappa shape index (κ3) is 4.19. The molecule has 94 valence electrons. The topological polar surface area (TPSA) is 32.3 Å². The van der Waals surface area contributed by atoms with Gasteiger partial charge in [0.25, 0.3) is 0 Å². The van der Waals surface area contributed by atoms with Gasteiger partial charge < -0.3 is 10.2 Å². The number of benzene rings is 1. The van der Waals surface area contributed by atoms with Crippen molar-refractivity contribution in [3.63, 3.8) is 0 Å². The third-order valence-electron chi connectivity index (χ3n) is 2.49. The van der Waals surface area contributed by atoms with E-state index in [1.807, 2.05) is 13.0 Å². The Morgan fingerprint density at radius 3 is 2.59 bits per heavy atom. The normalized spacial score (nSPS) is 12.3. The van der Waals surface area contributed by atoms with Crippen LogP contribution < -0.4 is 5.32 Å². The molecule has 0 heterocycles. The maximum Gasteiger partial charge on any atom is 0.236 e. The first-order chi connectivity index (χ1) is 7.91. The van der Waals surface area contributed by atoms with E-state index in [1.165, 1.54) is 0 Å². The molecule has 3 nitrogen and oxygen atoms in total. The minimum atomic E-state index is 0.00340. The van der Waals surface area contributed by atoms with Gasteiger partial charge in [-0.3, -0.25) is 4.79 Å². The Labute approximate surface area is 112 Å². The lowest BCUT2D eigenvalue weighted by Gasteiger charge is -2.17. The predicted octanol–water partition coefficient (Wildman–Crippen LogP) is 2.73. The smallest absolute Gasteiger partial charge is 0.236 e. The molecule has 1 amide bonds. The van der Waals surface area contributed by atoms with Crippen LogP contribution in [0.1, 0.15) is 18.5 Å². The summed E-state index contributed by atoms with van der Waals surface area (Å²) in [7, 11) is 3.45. The van der Waals surface area contributed by atoms with Gasteiger partial charge in [-0.1, -0.05) is 29.3 Å². The summed E-state index contributed by atoms with van der Waals surface area (Å²) in [6, 6.07) is 5.35. The molecule has 1 aromatic carbocycles. The summed E-state index contributed by atoms with van der Waals surface area (Å²) in [5.74, 6) is 0.0296. The fourth-order valence-electron chi connectivity index (χ4n) is 1.36. The highest BCUT2D eigenvalue weighted by Crippen LogP contribution is 2.25. The minimum absolute atomic E-state index is 0.00340. The molecule has 1 atom stereocenters. The van der Waals surface area contributed by atoms with Crippen LogP contribution in [0.3, 0.4) is 0 Å². The van der Waals surface area contributed by atoms with Gasteiger partial charge >= 0.3 is 0 Å². The number of halogens is 2. The average molecular weight is 275 g/mol. The first-order valence-electron chi connectivity index (χ1n) is 5.30. The van der Waals surface area contributed by atoms with Gasteiger partial charge in [0.2, 0.25) is 5.91 Å². The van der Waals surface area contributed by atoms with Crippen LogP contribution >= 0.6 is 23.2 Å². The number of hydrogen-bond acceptors (Lipinski definition) is 2. The highest BCUT2D eigenvalue weighted by atomic mass is 35.5. The zero-order valence-corrected chi connectivity index (χ0v) is 11.6. The number of likely N-dealkylation sites (N-methyl/N-ethyl adjacent to an activating group) is 1. The Bertz CT molecular complexity index is 407. The van der Waals surface area contributed by atoms with Gasteiger partial charge in [-0.15, -0.1) is 0 Å². The third-order valence-corrected chi connectivity index (χ3v) is 3.05. The van der Waals surface area contributed by atoms with E-state index in [-0.39, 0.29) is 18.5 Å². The molecule has 0 spiro atoms. The van der Waals surface area contributed by atoms with Gasteiger partial charge in [0.1, 0.15) is 0 Å². The Morgan fingerprint density at radius 1 is 1.41 bits per heavy atom. The highest BCUT2D eigenvalue weighted by molar-refractivity contribution is 6.35. The maximum absolute atomic E-state index is 11.4. The molecule has 5 heteroatoms. The summed E-state index contributed by atoms with van der Waals surface area (Å²) in [4.78, 5) is 13.0. The second-order valence-electron chi connectivity index (χ2n) is 4.06. The Balaban J connectivity index is 2.64. The van der Waals surface area contributed by atoms with Crippen LogP contribution in [-0.4, -0.2) is 31.4 Å². The molecule has 1 aromatic rings. The van der Waals surface area contributed by atoms with Crippen molar-refractivity contribution in [1.29, 1.82) is 0 Å². The molecule has 0 bridgehead atoms. The van der Waals surface area contributed by atoms with Crippen molar-refractivity contribution in [1.82, 2.24) is 10.2 Å². The lowest BCUT2D eigenvalue weighted by molar-refractivity contribution is -0.127. The molecule has 0 aliphatic heterocycles. The van der Waals surface area contributed by atoms with Crippen molar-refractivity contribution >= 4 is 29.1 Å². The van der Waals surface area contributed by atoms with Crippen molar-refractivity contribution in [2.45, 2.75) is 13.0 Å². The minimum Gasteiger partial charge on any atom is -0.348 e. The van der Waals surface area contributed by atoms with E-state index in [1.54, 1.807) is 31.1 Å². The van der Waals surface area contributed by atoms with Gasteiger partial charge in [-0.05, 0) is 24.6 Å². The van der Waals surface area contributed by atoms with Crippen molar-refractivity contribution in [2.24, 2.45) is 0 Å². The predicted molar refractivity (Wildman–Crippen MR) is 71.6 cm³/mol. The first kappa shape index (κ1) is 14.3. The Kier molecular flexibility index (Phi) is 5.25. The lowest BCUT2D eigenvalue weighted by Crippen LogP contribution is -2.34. The monoisotopic (exact) mass is 274 g/mol.